The second-order valence-electron chi connectivity index (χ2n) is 4.01. The molecule has 0 spiro atoms. The van der Waals surface area contributed by atoms with Crippen LogP contribution in [0.4, 0.5) is 4.39 Å². The van der Waals surface area contributed by atoms with Crippen molar-refractivity contribution in [1.82, 2.24) is 0 Å². The van der Waals surface area contributed by atoms with Gasteiger partial charge in [0.05, 0.1) is 6.10 Å². The average molecular weight is 194 g/mol. The molecule has 1 aromatic carbocycles. The first-order valence-electron chi connectivity index (χ1n) is 5.21. The highest BCUT2D eigenvalue weighted by atomic mass is 19.1. The minimum absolute atomic E-state index is 0.256. The maximum Gasteiger partial charge on any atom is 0.129 e. The van der Waals surface area contributed by atoms with Crippen LogP contribution < -0.4 is 0 Å². The summed E-state index contributed by atoms with van der Waals surface area (Å²) in [6.45, 7) is 0. The highest BCUT2D eigenvalue weighted by molar-refractivity contribution is 5.20. The van der Waals surface area contributed by atoms with Gasteiger partial charge >= 0.3 is 0 Å². The van der Waals surface area contributed by atoms with Crippen LogP contribution in [0.3, 0.4) is 0 Å². The molecular formula is C12H15FO. The van der Waals surface area contributed by atoms with E-state index in [2.05, 4.69) is 0 Å². The van der Waals surface area contributed by atoms with Gasteiger partial charge in [0, 0.05) is 5.56 Å². The molecule has 1 aromatic rings. The van der Waals surface area contributed by atoms with Crippen molar-refractivity contribution < 1.29 is 9.50 Å². The lowest BCUT2D eigenvalue weighted by Gasteiger charge is -2.18. The topological polar surface area (TPSA) is 20.2 Å². The Balaban J connectivity index is 2.17. The molecule has 0 radical (unpaired) electrons. The fourth-order valence-corrected chi connectivity index (χ4v) is 2.24. The first kappa shape index (κ1) is 9.66. The predicted molar refractivity (Wildman–Crippen MR) is 53.3 cm³/mol. The summed E-state index contributed by atoms with van der Waals surface area (Å²) in [5, 5.41) is 9.96. The molecule has 0 aromatic heterocycles. The van der Waals surface area contributed by atoms with Crippen molar-refractivity contribution >= 4 is 0 Å². The summed E-state index contributed by atoms with van der Waals surface area (Å²) < 4.78 is 13.3. The molecule has 2 heteroatoms. The molecule has 0 saturated heterocycles. The van der Waals surface area contributed by atoms with Crippen LogP contribution in [0.1, 0.15) is 37.4 Å². The van der Waals surface area contributed by atoms with Gasteiger partial charge in [-0.05, 0) is 24.8 Å². The highest BCUT2D eigenvalue weighted by Gasteiger charge is 2.25. The maximum atomic E-state index is 13.3. The molecular weight excluding hydrogens is 179 g/mol. The Morgan fingerprint density at radius 3 is 2.50 bits per heavy atom. The van der Waals surface area contributed by atoms with E-state index in [1.807, 2.05) is 0 Å². The molecule has 76 valence electrons. The van der Waals surface area contributed by atoms with Gasteiger partial charge in [-0.1, -0.05) is 31.0 Å². The van der Waals surface area contributed by atoms with Crippen molar-refractivity contribution in [1.29, 1.82) is 0 Å². The molecule has 0 bridgehead atoms. The van der Waals surface area contributed by atoms with E-state index < -0.39 is 6.10 Å². The fourth-order valence-electron chi connectivity index (χ4n) is 2.24. The first-order valence-corrected chi connectivity index (χ1v) is 5.21. The predicted octanol–water partition coefficient (Wildman–Crippen LogP) is 3.05. The van der Waals surface area contributed by atoms with Gasteiger partial charge < -0.3 is 5.11 Å². The molecule has 1 saturated carbocycles. The Hall–Kier alpha value is -0.890. The summed E-state index contributed by atoms with van der Waals surface area (Å²) in [5.74, 6) is -0.0289. The summed E-state index contributed by atoms with van der Waals surface area (Å²) >= 11 is 0. The Morgan fingerprint density at radius 2 is 1.86 bits per heavy atom. The third-order valence-electron chi connectivity index (χ3n) is 3.07. The zero-order valence-corrected chi connectivity index (χ0v) is 8.12. The van der Waals surface area contributed by atoms with Crippen molar-refractivity contribution in [3.05, 3.63) is 35.6 Å². The summed E-state index contributed by atoms with van der Waals surface area (Å²) in [6.07, 6.45) is 3.76. The van der Waals surface area contributed by atoms with Gasteiger partial charge in [-0.25, -0.2) is 4.39 Å². The molecule has 1 aliphatic carbocycles. The number of aliphatic hydroxyl groups excluding tert-OH is 1. The number of benzene rings is 1. The molecule has 0 heterocycles. The normalized spacial score (nSPS) is 19.9. The lowest BCUT2D eigenvalue weighted by atomic mass is 9.94. The van der Waals surface area contributed by atoms with Gasteiger partial charge in [-0.15, -0.1) is 0 Å². The number of rotatable bonds is 2. The molecule has 1 nitrogen and oxygen atoms in total. The molecule has 1 atom stereocenters. The van der Waals surface area contributed by atoms with Crippen LogP contribution >= 0.6 is 0 Å². The fraction of sp³-hybridized carbons (Fsp3) is 0.500. The number of aliphatic hydroxyl groups is 1. The quantitative estimate of drug-likeness (QED) is 0.767. The minimum atomic E-state index is -0.612. The van der Waals surface area contributed by atoms with E-state index in [0.29, 0.717) is 5.56 Å². The Bertz CT molecular complexity index is 305. The van der Waals surface area contributed by atoms with Crippen LogP contribution in [0.5, 0.6) is 0 Å². The zero-order valence-electron chi connectivity index (χ0n) is 8.12. The largest absolute Gasteiger partial charge is 0.388 e. The Kier molecular flexibility index (Phi) is 2.82. The standard InChI is InChI=1S/C12H15FO/c13-11-8-4-3-7-10(11)12(14)9-5-1-2-6-9/h3-4,7-9,12,14H,1-2,5-6H2/t12-/m1/s1. The van der Waals surface area contributed by atoms with Crippen LogP contribution in [-0.2, 0) is 0 Å². The van der Waals surface area contributed by atoms with Gasteiger partial charge in [0.25, 0.3) is 0 Å². The van der Waals surface area contributed by atoms with Crippen molar-refractivity contribution in [3.63, 3.8) is 0 Å². The van der Waals surface area contributed by atoms with Crippen molar-refractivity contribution in [2.45, 2.75) is 31.8 Å². The van der Waals surface area contributed by atoms with Gasteiger partial charge in [-0.3, -0.25) is 0 Å². The number of hydrogen-bond acceptors (Lipinski definition) is 1. The molecule has 0 unspecified atom stereocenters. The Labute approximate surface area is 83.6 Å². The SMILES string of the molecule is O[C@@H](c1ccccc1F)C1CCCC1. The summed E-state index contributed by atoms with van der Waals surface area (Å²) in [5.41, 5.74) is 0.458. The lowest BCUT2D eigenvalue weighted by molar-refractivity contribution is 0.108. The second kappa shape index (κ2) is 4.09. The van der Waals surface area contributed by atoms with Crippen LogP contribution in [0.15, 0.2) is 24.3 Å². The monoisotopic (exact) mass is 194 g/mol. The first-order chi connectivity index (χ1) is 6.79. The molecule has 0 aliphatic heterocycles. The summed E-state index contributed by atoms with van der Waals surface area (Å²) in [6, 6.07) is 6.52. The third-order valence-corrected chi connectivity index (χ3v) is 3.07. The van der Waals surface area contributed by atoms with Crippen molar-refractivity contribution in [3.8, 4) is 0 Å². The average Bonchev–Trinajstić information content (AvgIpc) is 2.70. The van der Waals surface area contributed by atoms with Crippen molar-refractivity contribution in [2.75, 3.05) is 0 Å². The molecule has 2 rings (SSSR count). The van der Waals surface area contributed by atoms with E-state index in [0.717, 1.165) is 25.7 Å². The van der Waals surface area contributed by atoms with E-state index in [4.69, 9.17) is 0 Å². The molecule has 0 amide bonds. The van der Waals surface area contributed by atoms with E-state index in [1.54, 1.807) is 18.2 Å². The lowest BCUT2D eigenvalue weighted by Crippen LogP contribution is -2.10. The molecule has 1 aliphatic rings. The minimum Gasteiger partial charge on any atom is -0.388 e. The van der Waals surface area contributed by atoms with Gasteiger partial charge in [0.15, 0.2) is 0 Å². The van der Waals surface area contributed by atoms with Crippen LogP contribution in [0.2, 0.25) is 0 Å². The molecule has 14 heavy (non-hydrogen) atoms. The van der Waals surface area contributed by atoms with Crippen molar-refractivity contribution in [2.24, 2.45) is 5.92 Å². The highest BCUT2D eigenvalue weighted by Crippen LogP contribution is 2.36. The van der Waals surface area contributed by atoms with E-state index in [1.165, 1.54) is 6.07 Å². The van der Waals surface area contributed by atoms with Gasteiger partial charge in [0.2, 0.25) is 0 Å². The third kappa shape index (κ3) is 1.80. The van der Waals surface area contributed by atoms with Crippen LogP contribution in [0.25, 0.3) is 0 Å². The van der Waals surface area contributed by atoms with Crippen LogP contribution in [0, 0.1) is 11.7 Å². The second-order valence-corrected chi connectivity index (χ2v) is 4.01. The number of hydrogen-bond donors (Lipinski definition) is 1. The smallest absolute Gasteiger partial charge is 0.129 e. The van der Waals surface area contributed by atoms with E-state index in [9.17, 15) is 9.50 Å². The number of halogens is 1. The van der Waals surface area contributed by atoms with E-state index in [-0.39, 0.29) is 11.7 Å². The summed E-state index contributed by atoms with van der Waals surface area (Å²) in [4.78, 5) is 0. The van der Waals surface area contributed by atoms with Crippen LogP contribution in [-0.4, -0.2) is 5.11 Å². The molecule has 1 N–H and O–H groups in total. The van der Waals surface area contributed by atoms with Gasteiger partial charge in [0.1, 0.15) is 5.82 Å². The summed E-state index contributed by atoms with van der Waals surface area (Å²) in [7, 11) is 0. The Morgan fingerprint density at radius 1 is 1.21 bits per heavy atom. The van der Waals surface area contributed by atoms with Gasteiger partial charge in [-0.2, -0.15) is 0 Å². The maximum absolute atomic E-state index is 13.3. The molecule has 1 fully saturated rings. The van der Waals surface area contributed by atoms with E-state index >= 15 is 0 Å². The zero-order chi connectivity index (χ0) is 9.97.